The molecule has 2 heterocycles. The van der Waals surface area contributed by atoms with Crippen molar-refractivity contribution in [1.29, 1.82) is 0 Å². The molecule has 0 N–H and O–H groups in total. The first-order valence-corrected chi connectivity index (χ1v) is 10.2. The standard InChI is InChI=1S/C22H20FN3O3S/c1-27-17-6-3-5-16(12-17)21-24-25-22(26(21)13-18-7-4-10-29-18)30-14-15-8-9-20(28-2)19(23)11-15/h3-12H,13-14H2,1-2H3. The number of methoxy groups -OCH3 is 2. The van der Waals surface area contributed by atoms with E-state index in [2.05, 4.69) is 10.2 Å². The van der Waals surface area contributed by atoms with E-state index in [-0.39, 0.29) is 11.6 Å². The fourth-order valence-corrected chi connectivity index (χ4v) is 3.90. The third-order valence-electron chi connectivity index (χ3n) is 4.52. The molecule has 0 amide bonds. The molecule has 0 radical (unpaired) electrons. The number of nitrogens with zero attached hydrogens (tertiary/aromatic N) is 3. The van der Waals surface area contributed by atoms with Crippen molar-refractivity contribution in [1.82, 2.24) is 14.8 Å². The second-order valence-corrected chi connectivity index (χ2v) is 7.40. The van der Waals surface area contributed by atoms with Crippen LogP contribution >= 0.6 is 11.8 Å². The van der Waals surface area contributed by atoms with Crippen LogP contribution in [-0.4, -0.2) is 29.0 Å². The Morgan fingerprint density at radius 2 is 1.93 bits per heavy atom. The third-order valence-corrected chi connectivity index (χ3v) is 5.56. The zero-order valence-corrected chi connectivity index (χ0v) is 17.4. The minimum atomic E-state index is -0.385. The lowest BCUT2D eigenvalue weighted by Crippen LogP contribution is -2.03. The second kappa shape index (κ2) is 9.04. The largest absolute Gasteiger partial charge is 0.497 e. The lowest BCUT2D eigenvalue weighted by molar-refractivity contribution is 0.386. The van der Waals surface area contributed by atoms with Gasteiger partial charge in [-0.15, -0.1) is 10.2 Å². The molecule has 0 spiro atoms. The van der Waals surface area contributed by atoms with Crippen LogP contribution in [0, 0.1) is 5.82 Å². The highest BCUT2D eigenvalue weighted by Gasteiger charge is 2.17. The van der Waals surface area contributed by atoms with Gasteiger partial charge in [0.15, 0.2) is 22.5 Å². The first-order valence-electron chi connectivity index (χ1n) is 9.23. The van der Waals surface area contributed by atoms with Crippen LogP contribution in [0.4, 0.5) is 4.39 Å². The zero-order valence-electron chi connectivity index (χ0n) is 16.5. The molecule has 0 saturated carbocycles. The molecule has 8 heteroatoms. The summed E-state index contributed by atoms with van der Waals surface area (Å²) >= 11 is 1.48. The number of aromatic nitrogens is 3. The van der Waals surface area contributed by atoms with Crippen LogP contribution in [0.5, 0.6) is 11.5 Å². The first-order chi connectivity index (χ1) is 14.7. The molecule has 2 aromatic heterocycles. The Hall–Kier alpha value is -3.26. The molecule has 0 fully saturated rings. The highest BCUT2D eigenvalue weighted by atomic mass is 32.2. The molecule has 0 saturated heterocycles. The molecule has 6 nitrogen and oxygen atoms in total. The van der Waals surface area contributed by atoms with E-state index in [1.807, 2.05) is 47.0 Å². The van der Waals surface area contributed by atoms with Crippen molar-refractivity contribution in [2.75, 3.05) is 14.2 Å². The van der Waals surface area contributed by atoms with Gasteiger partial charge < -0.3 is 13.9 Å². The lowest BCUT2D eigenvalue weighted by Gasteiger charge is -2.10. The van der Waals surface area contributed by atoms with Gasteiger partial charge in [0.05, 0.1) is 27.0 Å². The van der Waals surface area contributed by atoms with Gasteiger partial charge in [0.2, 0.25) is 0 Å². The number of hydrogen-bond donors (Lipinski definition) is 0. The van der Waals surface area contributed by atoms with E-state index in [1.165, 1.54) is 24.9 Å². The monoisotopic (exact) mass is 425 g/mol. The highest BCUT2D eigenvalue weighted by molar-refractivity contribution is 7.98. The molecule has 0 atom stereocenters. The molecule has 0 bridgehead atoms. The average molecular weight is 425 g/mol. The van der Waals surface area contributed by atoms with Crippen molar-refractivity contribution in [3.63, 3.8) is 0 Å². The molecular weight excluding hydrogens is 405 g/mol. The maximum Gasteiger partial charge on any atom is 0.192 e. The Balaban J connectivity index is 1.63. The predicted octanol–water partition coefficient (Wildman–Crippen LogP) is 5.04. The predicted molar refractivity (Wildman–Crippen MR) is 112 cm³/mol. The number of ether oxygens (including phenoxy) is 2. The number of furan rings is 1. The molecule has 2 aromatic carbocycles. The van der Waals surface area contributed by atoms with Crippen LogP contribution in [0.2, 0.25) is 0 Å². The number of rotatable bonds is 8. The molecule has 4 aromatic rings. The van der Waals surface area contributed by atoms with Gasteiger partial charge in [0.1, 0.15) is 11.5 Å². The van der Waals surface area contributed by atoms with Gasteiger partial charge in [0.25, 0.3) is 0 Å². The van der Waals surface area contributed by atoms with E-state index in [1.54, 1.807) is 19.4 Å². The smallest absolute Gasteiger partial charge is 0.192 e. The van der Waals surface area contributed by atoms with Crippen molar-refractivity contribution in [3.8, 4) is 22.9 Å². The summed E-state index contributed by atoms with van der Waals surface area (Å²) in [5, 5.41) is 9.48. The maximum atomic E-state index is 14.0. The van der Waals surface area contributed by atoms with Gasteiger partial charge >= 0.3 is 0 Å². The average Bonchev–Trinajstić information content (AvgIpc) is 3.43. The molecule has 154 valence electrons. The summed E-state index contributed by atoms with van der Waals surface area (Å²) in [6.07, 6.45) is 1.64. The SMILES string of the molecule is COc1cccc(-c2nnc(SCc3ccc(OC)c(F)c3)n2Cc2ccco2)c1. The maximum absolute atomic E-state index is 14.0. The fraction of sp³-hybridized carbons (Fsp3) is 0.182. The topological polar surface area (TPSA) is 62.3 Å². The number of hydrogen-bond acceptors (Lipinski definition) is 6. The molecule has 0 aliphatic rings. The summed E-state index contributed by atoms with van der Waals surface area (Å²) in [7, 11) is 3.08. The van der Waals surface area contributed by atoms with Gasteiger partial charge in [-0.25, -0.2) is 4.39 Å². The molecular formula is C22H20FN3O3S. The first kappa shape index (κ1) is 20.0. The second-order valence-electron chi connectivity index (χ2n) is 6.46. The van der Waals surface area contributed by atoms with Gasteiger partial charge in [-0.1, -0.05) is 30.0 Å². The molecule has 4 rings (SSSR count). The van der Waals surface area contributed by atoms with E-state index in [4.69, 9.17) is 13.9 Å². The summed E-state index contributed by atoms with van der Waals surface area (Å²) in [6.45, 7) is 0.478. The normalized spacial score (nSPS) is 10.9. The summed E-state index contributed by atoms with van der Waals surface area (Å²) < 4.78 is 31.8. The number of halogens is 1. The van der Waals surface area contributed by atoms with Crippen LogP contribution < -0.4 is 9.47 Å². The quantitative estimate of drug-likeness (QED) is 0.369. The van der Waals surface area contributed by atoms with Crippen LogP contribution in [0.15, 0.2) is 70.4 Å². The Labute approximate surface area is 177 Å². The van der Waals surface area contributed by atoms with Crippen molar-refractivity contribution in [3.05, 3.63) is 78.0 Å². The summed E-state index contributed by atoms with van der Waals surface area (Å²) in [6, 6.07) is 16.3. The van der Waals surface area contributed by atoms with Gasteiger partial charge in [0, 0.05) is 11.3 Å². The van der Waals surface area contributed by atoms with E-state index in [0.717, 1.165) is 22.6 Å². The Morgan fingerprint density at radius 1 is 1.03 bits per heavy atom. The third kappa shape index (κ3) is 4.33. The molecule has 30 heavy (non-hydrogen) atoms. The van der Waals surface area contributed by atoms with Crippen LogP contribution in [0.25, 0.3) is 11.4 Å². The van der Waals surface area contributed by atoms with E-state index in [9.17, 15) is 4.39 Å². The van der Waals surface area contributed by atoms with Gasteiger partial charge in [-0.05, 0) is 42.0 Å². The van der Waals surface area contributed by atoms with Crippen molar-refractivity contribution in [2.45, 2.75) is 17.5 Å². The fourth-order valence-electron chi connectivity index (χ4n) is 3.02. The minimum absolute atomic E-state index is 0.227. The van der Waals surface area contributed by atoms with Gasteiger partial charge in [-0.2, -0.15) is 0 Å². The Kier molecular flexibility index (Phi) is 6.04. The van der Waals surface area contributed by atoms with Crippen molar-refractivity contribution < 1.29 is 18.3 Å². The lowest BCUT2D eigenvalue weighted by atomic mass is 10.2. The number of thioether (sulfide) groups is 1. The summed E-state index contributed by atoms with van der Waals surface area (Å²) in [4.78, 5) is 0. The molecule has 0 unspecified atom stereocenters. The van der Waals surface area contributed by atoms with E-state index >= 15 is 0 Å². The van der Waals surface area contributed by atoms with Crippen LogP contribution in [-0.2, 0) is 12.3 Å². The van der Waals surface area contributed by atoms with Crippen molar-refractivity contribution in [2.24, 2.45) is 0 Å². The van der Waals surface area contributed by atoms with Gasteiger partial charge in [-0.3, -0.25) is 4.57 Å². The van der Waals surface area contributed by atoms with E-state index < -0.39 is 0 Å². The minimum Gasteiger partial charge on any atom is -0.497 e. The van der Waals surface area contributed by atoms with Crippen molar-refractivity contribution >= 4 is 11.8 Å². The Bertz CT molecular complexity index is 1130. The highest BCUT2D eigenvalue weighted by Crippen LogP contribution is 2.30. The Morgan fingerprint density at radius 3 is 2.67 bits per heavy atom. The molecule has 0 aliphatic carbocycles. The van der Waals surface area contributed by atoms with Crippen LogP contribution in [0.3, 0.4) is 0 Å². The zero-order chi connectivity index (χ0) is 20.9. The summed E-state index contributed by atoms with van der Waals surface area (Å²) in [5.41, 5.74) is 1.71. The van der Waals surface area contributed by atoms with Crippen LogP contribution in [0.1, 0.15) is 11.3 Å². The summed E-state index contributed by atoms with van der Waals surface area (Å²) in [5.74, 6) is 2.61. The number of benzene rings is 2. The van der Waals surface area contributed by atoms with E-state index in [0.29, 0.717) is 23.3 Å². The molecule has 0 aliphatic heterocycles.